The molecule has 0 aromatic heterocycles. The molecular formula is C18H20ClFN2O4S. The quantitative estimate of drug-likeness (QED) is 0.616. The first kappa shape index (κ1) is 21.3. The Bertz CT molecular complexity index is 858. The molecule has 0 aliphatic rings. The van der Waals surface area contributed by atoms with Crippen molar-refractivity contribution < 1.29 is 22.7 Å². The highest BCUT2D eigenvalue weighted by molar-refractivity contribution is 7.89. The number of carbonyl (C=O) groups is 1. The Morgan fingerprint density at radius 3 is 2.33 bits per heavy atom. The predicted molar refractivity (Wildman–Crippen MR) is 100 cm³/mol. The van der Waals surface area contributed by atoms with Gasteiger partial charge in [-0.05, 0) is 48.4 Å². The molecule has 0 heterocycles. The van der Waals surface area contributed by atoms with Gasteiger partial charge in [0.25, 0.3) is 0 Å². The van der Waals surface area contributed by atoms with E-state index in [1.165, 1.54) is 48.5 Å². The number of benzene rings is 2. The average Bonchev–Trinajstić information content (AvgIpc) is 2.63. The van der Waals surface area contributed by atoms with E-state index in [0.717, 1.165) is 4.31 Å². The fourth-order valence-electron chi connectivity index (χ4n) is 2.30. The van der Waals surface area contributed by atoms with E-state index < -0.39 is 28.3 Å². The first-order chi connectivity index (χ1) is 12.8. The summed E-state index contributed by atoms with van der Waals surface area (Å²) in [4.78, 5) is 12.1. The molecule has 146 valence electrons. The molecule has 0 fully saturated rings. The van der Waals surface area contributed by atoms with Gasteiger partial charge in [0, 0.05) is 24.7 Å². The van der Waals surface area contributed by atoms with Gasteiger partial charge in [-0.1, -0.05) is 23.7 Å². The van der Waals surface area contributed by atoms with E-state index in [4.69, 9.17) is 16.7 Å². The lowest BCUT2D eigenvalue weighted by Crippen LogP contribution is -2.40. The first-order valence-electron chi connectivity index (χ1n) is 8.20. The van der Waals surface area contributed by atoms with Crippen molar-refractivity contribution in [3.63, 3.8) is 0 Å². The first-order valence-corrected chi connectivity index (χ1v) is 10.0. The van der Waals surface area contributed by atoms with Crippen molar-refractivity contribution in [1.82, 2.24) is 9.62 Å². The highest BCUT2D eigenvalue weighted by atomic mass is 35.5. The molecule has 2 N–H and O–H groups in total. The molecule has 2 aromatic rings. The molecule has 0 aliphatic heterocycles. The van der Waals surface area contributed by atoms with E-state index in [2.05, 4.69) is 5.32 Å². The third-order valence-corrected chi connectivity index (χ3v) is 5.76. The number of nitrogens with one attached hydrogen (secondary N) is 1. The maximum atomic E-state index is 13.1. The summed E-state index contributed by atoms with van der Waals surface area (Å²) in [6.45, 7) is -0.351. The van der Waals surface area contributed by atoms with Gasteiger partial charge in [-0.2, -0.15) is 4.31 Å². The standard InChI is InChI=1S/C18H20ClFN2O4S/c19-15-4-8-17(9-5-15)27(25,26)22(13-18(24)21-10-1-11-23)12-14-2-6-16(20)7-3-14/h2-9,23H,1,10-13H2,(H,21,24). The second-order valence-corrected chi connectivity index (χ2v) is 8.15. The lowest BCUT2D eigenvalue weighted by atomic mass is 10.2. The van der Waals surface area contributed by atoms with E-state index >= 15 is 0 Å². The van der Waals surface area contributed by atoms with Crippen LogP contribution in [0, 0.1) is 5.82 Å². The molecule has 0 saturated heterocycles. The van der Waals surface area contributed by atoms with Crippen LogP contribution in [0.15, 0.2) is 53.4 Å². The Morgan fingerprint density at radius 2 is 1.74 bits per heavy atom. The normalized spacial score (nSPS) is 11.6. The topological polar surface area (TPSA) is 86.7 Å². The summed E-state index contributed by atoms with van der Waals surface area (Å²) in [6.07, 6.45) is 0.369. The lowest BCUT2D eigenvalue weighted by Gasteiger charge is -2.22. The van der Waals surface area contributed by atoms with Crippen molar-refractivity contribution in [2.24, 2.45) is 0 Å². The smallest absolute Gasteiger partial charge is 0.243 e. The average molecular weight is 415 g/mol. The van der Waals surface area contributed by atoms with Crippen LogP contribution in [-0.4, -0.2) is 43.4 Å². The van der Waals surface area contributed by atoms with Crippen LogP contribution in [-0.2, 0) is 21.4 Å². The van der Waals surface area contributed by atoms with Gasteiger partial charge in [0.15, 0.2) is 0 Å². The molecular weight excluding hydrogens is 395 g/mol. The fourth-order valence-corrected chi connectivity index (χ4v) is 3.81. The summed E-state index contributed by atoms with van der Waals surface area (Å²) < 4.78 is 40.1. The third kappa shape index (κ3) is 6.28. The Morgan fingerprint density at radius 1 is 1.11 bits per heavy atom. The van der Waals surface area contributed by atoms with E-state index in [9.17, 15) is 17.6 Å². The summed E-state index contributed by atoms with van der Waals surface area (Å²) in [7, 11) is -3.98. The van der Waals surface area contributed by atoms with Crippen LogP contribution in [0.5, 0.6) is 0 Å². The van der Waals surface area contributed by atoms with Gasteiger partial charge in [0.05, 0.1) is 11.4 Å². The van der Waals surface area contributed by atoms with Crippen molar-refractivity contribution in [3.05, 3.63) is 64.9 Å². The summed E-state index contributed by atoms with van der Waals surface area (Å²) in [5.41, 5.74) is 0.539. The Balaban J connectivity index is 2.25. The zero-order valence-corrected chi connectivity index (χ0v) is 16.0. The molecule has 9 heteroatoms. The van der Waals surface area contributed by atoms with Crippen molar-refractivity contribution in [3.8, 4) is 0 Å². The number of amides is 1. The lowest BCUT2D eigenvalue weighted by molar-refractivity contribution is -0.121. The number of carbonyl (C=O) groups excluding carboxylic acids is 1. The monoisotopic (exact) mass is 414 g/mol. The van der Waals surface area contributed by atoms with Gasteiger partial charge in [-0.25, -0.2) is 12.8 Å². The number of sulfonamides is 1. The minimum Gasteiger partial charge on any atom is -0.396 e. The summed E-state index contributed by atoms with van der Waals surface area (Å²) in [5, 5.41) is 11.7. The number of aliphatic hydroxyl groups is 1. The van der Waals surface area contributed by atoms with Gasteiger partial charge in [-0.3, -0.25) is 4.79 Å². The van der Waals surface area contributed by atoms with E-state index in [1.54, 1.807) is 0 Å². The Labute approximate surface area is 162 Å². The molecule has 0 saturated carbocycles. The highest BCUT2D eigenvalue weighted by Crippen LogP contribution is 2.20. The number of halogens is 2. The predicted octanol–water partition coefficient (Wildman–Crippen LogP) is 2.17. The molecule has 0 radical (unpaired) electrons. The summed E-state index contributed by atoms with van der Waals surface area (Å²) in [5.74, 6) is -0.935. The zero-order valence-electron chi connectivity index (χ0n) is 14.4. The number of hydrogen-bond donors (Lipinski definition) is 2. The Hall–Kier alpha value is -2.00. The summed E-state index contributed by atoms with van der Waals surface area (Å²) in [6, 6.07) is 11.0. The Kier molecular flexibility index (Phi) is 7.73. The van der Waals surface area contributed by atoms with Gasteiger partial charge < -0.3 is 10.4 Å². The van der Waals surface area contributed by atoms with Crippen molar-refractivity contribution in [2.75, 3.05) is 19.7 Å². The third-order valence-electron chi connectivity index (χ3n) is 3.70. The molecule has 1 amide bonds. The van der Waals surface area contributed by atoms with Gasteiger partial charge in [0.2, 0.25) is 15.9 Å². The minimum atomic E-state index is -3.98. The van der Waals surface area contributed by atoms with E-state index in [-0.39, 0.29) is 24.6 Å². The SMILES string of the molecule is O=C(CN(Cc1ccc(F)cc1)S(=O)(=O)c1ccc(Cl)cc1)NCCCO. The van der Waals surface area contributed by atoms with Crippen molar-refractivity contribution in [2.45, 2.75) is 17.9 Å². The number of hydrogen-bond acceptors (Lipinski definition) is 4. The summed E-state index contributed by atoms with van der Waals surface area (Å²) >= 11 is 5.81. The van der Waals surface area contributed by atoms with Crippen LogP contribution in [0.4, 0.5) is 4.39 Å². The van der Waals surface area contributed by atoms with Gasteiger partial charge in [-0.15, -0.1) is 0 Å². The molecule has 0 bridgehead atoms. The van der Waals surface area contributed by atoms with Crippen LogP contribution in [0.2, 0.25) is 5.02 Å². The van der Waals surface area contributed by atoms with Crippen LogP contribution >= 0.6 is 11.6 Å². The zero-order chi connectivity index (χ0) is 19.9. The minimum absolute atomic E-state index is 0.00262. The highest BCUT2D eigenvalue weighted by Gasteiger charge is 2.26. The van der Waals surface area contributed by atoms with E-state index in [0.29, 0.717) is 17.0 Å². The molecule has 0 atom stereocenters. The van der Waals surface area contributed by atoms with Crippen LogP contribution in [0.3, 0.4) is 0 Å². The van der Waals surface area contributed by atoms with Crippen LogP contribution in [0.1, 0.15) is 12.0 Å². The maximum absolute atomic E-state index is 13.1. The number of nitrogens with zero attached hydrogens (tertiary/aromatic N) is 1. The van der Waals surface area contributed by atoms with Gasteiger partial charge in [0.1, 0.15) is 5.82 Å². The largest absolute Gasteiger partial charge is 0.396 e. The second kappa shape index (κ2) is 9.80. The van der Waals surface area contributed by atoms with Gasteiger partial charge >= 0.3 is 0 Å². The molecule has 0 spiro atoms. The number of rotatable bonds is 9. The van der Waals surface area contributed by atoms with Crippen LogP contribution in [0.25, 0.3) is 0 Å². The molecule has 27 heavy (non-hydrogen) atoms. The molecule has 0 unspecified atom stereocenters. The van der Waals surface area contributed by atoms with E-state index in [1.807, 2.05) is 0 Å². The van der Waals surface area contributed by atoms with Crippen molar-refractivity contribution >= 4 is 27.5 Å². The molecule has 2 rings (SSSR count). The van der Waals surface area contributed by atoms with Crippen molar-refractivity contribution in [1.29, 1.82) is 0 Å². The number of aliphatic hydroxyl groups excluding tert-OH is 1. The fraction of sp³-hybridized carbons (Fsp3) is 0.278. The molecule has 2 aromatic carbocycles. The molecule has 0 aliphatic carbocycles. The maximum Gasteiger partial charge on any atom is 0.243 e. The molecule has 6 nitrogen and oxygen atoms in total. The second-order valence-electron chi connectivity index (χ2n) is 5.78. The van der Waals surface area contributed by atoms with Crippen LogP contribution < -0.4 is 5.32 Å².